The number of amides is 1. The third-order valence-electron chi connectivity index (χ3n) is 3.09. The number of carbonyl (C=O) groups excluding carboxylic acids is 1. The first-order valence-electron chi connectivity index (χ1n) is 6.56. The largest absolute Gasteiger partial charge is 0.398 e. The molecule has 0 radical (unpaired) electrons. The molecule has 0 spiro atoms. The van der Waals surface area contributed by atoms with E-state index in [1.807, 2.05) is 6.92 Å². The highest BCUT2D eigenvalue weighted by Gasteiger charge is 2.14. The Morgan fingerprint density at radius 2 is 1.76 bits per heavy atom. The predicted octanol–water partition coefficient (Wildman–Crippen LogP) is 2.91. The Morgan fingerprint density at radius 1 is 1.14 bits per heavy atom. The van der Waals surface area contributed by atoms with Crippen LogP contribution >= 0.6 is 0 Å². The first-order valence-corrected chi connectivity index (χ1v) is 6.56. The summed E-state index contributed by atoms with van der Waals surface area (Å²) in [4.78, 5) is 12.1. The van der Waals surface area contributed by atoms with Crippen molar-refractivity contribution in [1.82, 2.24) is 5.32 Å². The highest BCUT2D eigenvalue weighted by molar-refractivity contribution is 5.99. The van der Waals surface area contributed by atoms with Crippen LogP contribution in [0.15, 0.2) is 42.5 Å². The van der Waals surface area contributed by atoms with E-state index in [1.54, 1.807) is 12.1 Å². The molecule has 2 aromatic rings. The number of nitrogens with one attached hydrogen (secondary N) is 1. The van der Waals surface area contributed by atoms with Gasteiger partial charge in [-0.25, -0.2) is 8.78 Å². The SMILES string of the molecule is CC(Cc1ccc(F)cc1)NC(=O)c1cc(F)ccc1N. The Morgan fingerprint density at radius 3 is 2.43 bits per heavy atom. The molecule has 21 heavy (non-hydrogen) atoms. The third kappa shape index (κ3) is 4.02. The standard InChI is InChI=1S/C16H16F2N2O/c1-10(8-11-2-4-12(17)5-3-11)20-16(21)14-9-13(18)6-7-15(14)19/h2-7,9-10H,8,19H2,1H3,(H,20,21). The van der Waals surface area contributed by atoms with E-state index < -0.39 is 11.7 Å². The van der Waals surface area contributed by atoms with Crippen molar-refractivity contribution in [3.63, 3.8) is 0 Å². The molecule has 2 rings (SSSR count). The fourth-order valence-corrected chi connectivity index (χ4v) is 2.05. The fourth-order valence-electron chi connectivity index (χ4n) is 2.05. The van der Waals surface area contributed by atoms with Crippen molar-refractivity contribution in [3.05, 3.63) is 65.2 Å². The van der Waals surface area contributed by atoms with Gasteiger partial charge in [0, 0.05) is 11.7 Å². The van der Waals surface area contributed by atoms with Gasteiger partial charge >= 0.3 is 0 Å². The average Bonchev–Trinajstić information content (AvgIpc) is 2.44. The minimum atomic E-state index is -0.513. The maximum absolute atomic E-state index is 13.2. The first-order chi connectivity index (χ1) is 9.95. The number of hydrogen-bond acceptors (Lipinski definition) is 2. The summed E-state index contributed by atoms with van der Waals surface area (Å²) in [5.41, 5.74) is 6.90. The molecule has 0 saturated carbocycles. The number of anilines is 1. The smallest absolute Gasteiger partial charge is 0.253 e. The van der Waals surface area contributed by atoms with E-state index in [0.717, 1.165) is 11.6 Å². The van der Waals surface area contributed by atoms with Crippen molar-refractivity contribution in [1.29, 1.82) is 0 Å². The summed E-state index contributed by atoms with van der Waals surface area (Å²) >= 11 is 0. The Kier molecular flexibility index (Phi) is 4.52. The zero-order chi connectivity index (χ0) is 15.4. The highest BCUT2D eigenvalue weighted by atomic mass is 19.1. The predicted molar refractivity (Wildman–Crippen MR) is 77.8 cm³/mol. The van der Waals surface area contributed by atoms with Crippen molar-refractivity contribution in [2.45, 2.75) is 19.4 Å². The van der Waals surface area contributed by atoms with Gasteiger partial charge < -0.3 is 11.1 Å². The molecule has 0 aliphatic carbocycles. The van der Waals surface area contributed by atoms with Crippen LogP contribution in [0, 0.1) is 11.6 Å². The first kappa shape index (κ1) is 15.0. The van der Waals surface area contributed by atoms with E-state index in [2.05, 4.69) is 5.32 Å². The van der Waals surface area contributed by atoms with E-state index in [0.29, 0.717) is 6.42 Å². The molecule has 2 aromatic carbocycles. The summed E-state index contributed by atoms with van der Waals surface area (Å²) < 4.78 is 26.0. The van der Waals surface area contributed by atoms with Gasteiger partial charge in [-0.15, -0.1) is 0 Å². The zero-order valence-electron chi connectivity index (χ0n) is 11.6. The molecule has 5 heteroatoms. The number of nitrogen functional groups attached to an aromatic ring is 1. The van der Waals surface area contributed by atoms with E-state index in [-0.39, 0.29) is 23.1 Å². The molecule has 0 aliphatic rings. The lowest BCUT2D eigenvalue weighted by molar-refractivity contribution is 0.0940. The Labute approximate surface area is 121 Å². The number of benzene rings is 2. The molecular formula is C16H16F2N2O. The van der Waals surface area contributed by atoms with Gasteiger partial charge in [-0.3, -0.25) is 4.79 Å². The topological polar surface area (TPSA) is 55.1 Å². The van der Waals surface area contributed by atoms with Crippen LogP contribution in [0.2, 0.25) is 0 Å². The van der Waals surface area contributed by atoms with Gasteiger partial charge in [0.05, 0.1) is 5.56 Å². The fraction of sp³-hybridized carbons (Fsp3) is 0.188. The zero-order valence-corrected chi connectivity index (χ0v) is 11.6. The molecule has 0 saturated heterocycles. The summed E-state index contributed by atoms with van der Waals surface area (Å²) in [5.74, 6) is -1.25. The van der Waals surface area contributed by atoms with Crippen molar-refractivity contribution >= 4 is 11.6 Å². The van der Waals surface area contributed by atoms with E-state index in [1.165, 1.54) is 24.3 Å². The highest BCUT2D eigenvalue weighted by Crippen LogP contribution is 2.14. The van der Waals surface area contributed by atoms with Crippen LogP contribution in [-0.4, -0.2) is 11.9 Å². The van der Waals surface area contributed by atoms with Crippen LogP contribution in [0.25, 0.3) is 0 Å². The van der Waals surface area contributed by atoms with Crippen LogP contribution in [0.3, 0.4) is 0 Å². The van der Waals surface area contributed by atoms with Crippen molar-refractivity contribution in [2.24, 2.45) is 0 Å². The van der Waals surface area contributed by atoms with Gasteiger partial charge in [-0.1, -0.05) is 12.1 Å². The molecule has 1 unspecified atom stereocenters. The molecule has 1 atom stereocenters. The molecule has 110 valence electrons. The van der Waals surface area contributed by atoms with Gasteiger partial charge in [0.1, 0.15) is 11.6 Å². The summed E-state index contributed by atoms with van der Waals surface area (Å²) in [6.07, 6.45) is 0.543. The van der Waals surface area contributed by atoms with Gasteiger partial charge in [0.25, 0.3) is 5.91 Å². The second kappa shape index (κ2) is 6.35. The van der Waals surface area contributed by atoms with E-state index in [9.17, 15) is 13.6 Å². The number of carbonyl (C=O) groups is 1. The lowest BCUT2D eigenvalue weighted by Gasteiger charge is -2.15. The Bertz CT molecular complexity index is 641. The molecule has 0 bridgehead atoms. The summed E-state index contributed by atoms with van der Waals surface area (Å²) in [6, 6.07) is 9.54. The summed E-state index contributed by atoms with van der Waals surface area (Å²) in [5, 5.41) is 2.75. The van der Waals surface area contributed by atoms with Crippen LogP contribution in [-0.2, 0) is 6.42 Å². The number of halogens is 2. The molecular weight excluding hydrogens is 274 g/mol. The second-order valence-corrected chi connectivity index (χ2v) is 4.94. The molecule has 0 fully saturated rings. The van der Waals surface area contributed by atoms with Gasteiger partial charge in [0.2, 0.25) is 0 Å². The monoisotopic (exact) mass is 290 g/mol. The molecule has 0 aliphatic heterocycles. The van der Waals surface area contributed by atoms with Gasteiger partial charge in [-0.05, 0) is 49.2 Å². The normalized spacial score (nSPS) is 12.0. The number of nitrogens with two attached hydrogens (primary N) is 1. The van der Waals surface area contributed by atoms with E-state index in [4.69, 9.17) is 5.73 Å². The van der Waals surface area contributed by atoms with Crippen LogP contribution in [0.1, 0.15) is 22.8 Å². The average molecular weight is 290 g/mol. The van der Waals surface area contributed by atoms with Crippen LogP contribution in [0.4, 0.5) is 14.5 Å². The minimum Gasteiger partial charge on any atom is -0.398 e. The number of hydrogen-bond donors (Lipinski definition) is 2. The number of rotatable bonds is 4. The van der Waals surface area contributed by atoms with E-state index >= 15 is 0 Å². The molecule has 3 nitrogen and oxygen atoms in total. The summed E-state index contributed by atoms with van der Waals surface area (Å²) in [6.45, 7) is 1.82. The Balaban J connectivity index is 2.01. The second-order valence-electron chi connectivity index (χ2n) is 4.94. The minimum absolute atomic E-state index is 0.112. The maximum atomic E-state index is 13.2. The molecule has 0 aromatic heterocycles. The molecule has 0 heterocycles. The molecule has 3 N–H and O–H groups in total. The van der Waals surface area contributed by atoms with Crippen molar-refractivity contribution < 1.29 is 13.6 Å². The molecule has 1 amide bonds. The maximum Gasteiger partial charge on any atom is 0.253 e. The van der Waals surface area contributed by atoms with Gasteiger partial charge in [0.15, 0.2) is 0 Å². The quantitative estimate of drug-likeness (QED) is 0.851. The van der Waals surface area contributed by atoms with Gasteiger partial charge in [-0.2, -0.15) is 0 Å². The van der Waals surface area contributed by atoms with Crippen molar-refractivity contribution in [2.75, 3.05) is 5.73 Å². The lowest BCUT2D eigenvalue weighted by Crippen LogP contribution is -2.34. The van der Waals surface area contributed by atoms with Crippen molar-refractivity contribution in [3.8, 4) is 0 Å². The lowest BCUT2D eigenvalue weighted by atomic mass is 10.1. The summed E-state index contributed by atoms with van der Waals surface area (Å²) in [7, 11) is 0. The van der Waals surface area contributed by atoms with Crippen LogP contribution < -0.4 is 11.1 Å². The Hall–Kier alpha value is -2.43. The van der Waals surface area contributed by atoms with Crippen LogP contribution in [0.5, 0.6) is 0 Å². The third-order valence-corrected chi connectivity index (χ3v) is 3.09.